The van der Waals surface area contributed by atoms with Crippen molar-refractivity contribution in [3.63, 3.8) is 0 Å². The predicted molar refractivity (Wildman–Crippen MR) is 76.7 cm³/mol. The Hall–Kier alpha value is -1.36. The van der Waals surface area contributed by atoms with Crippen molar-refractivity contribution >= 4 is 5.82 Å². The molecule has 1 N–H and O–H groups in total. The molecule has 0 saturated carbocycles. The van der Waals surface area contributed by atoms with Gasteiger partial charge in [-0.05, 0) is 39.8 Å². The van der Waals surface area contributed by atoms with Gasteiger partial charge in [0.05, 0.1) is 0 Å². The largest absolute Gasteiger partial charge is 0.476 e. The van der Waals surface area contributed by atoms with E-state index in [1.165, 1.54) is 32.4 Å². The first-order chi connectivity index (χ1) is 9.28. The maximum Gasteiger partial charge on any atom is 0.218 e. The Labute approximate surface area is 115 Å². The van der Waals surface area contributed by atoms with E-state index in [4.69, 9.17) is 4.74 Å². The smallest absolute Gasteiger partial charge is 0.218 e. The number of rotatable bonds is 6. The maximum atomic E-state index is 5.74. The van der Waals surface area contributed by atoms with Crippen molar-refractivity contribution in [3.05, 3.63) is 11.9 Å². The average Bonchev–Trinajstić information content (AvgIpc) is 2.40. The third kappa shape index (κ3) is 4.67. The second-order valence-electron chi connectivity index (χ2n) is 4.92. The van der Waals surface area contributed by atoms with E-state index in [-0.39, 0.29) is 0 Å². The highest BCUT2D eigenvalue weighted by Gasteiger charge is 2.10. The van der Waals surface area contributed by atoms with Crippen molar-refractivity contribution in [2.45, 2.75) is 33.1 Å². The lowest BCUT2D eigenvalue weighted by atomic mass is 10.1. The molecule has 19 heavy (non-hydrogen) atoms. The van der Waals surface area contributed by atoms with Crippen LogP contribution in [0.3, 0.4) is 0 Å². The fourth-order valence-corrected chi connectivity index (χ4v) is 2.35. The highest BCUT2D eigenvalue weighted by Crippen LogP contribution is 2.13. The van der Waals surface area contributed by atoms with Gasteiger partial charge < -0.3 is 10.1 Å². The molecule has 0 atom stereocenters. The fraction of sp³-hybridized carbons (Fsp3) is 0.714. The van der Waals surface area contributed by atoms with E-state index >= 15 is 0 Å². The van der Waals surface area contributed by atoms with Gasteiger partial charge >= 0.3 is 0 Å². The third-order valence-corrected chi connectivity index (χ3v) is 3.28. The minimum absolute atomic E-state index is 0.667. The number of hydrogen-bond acceptors (Lipinski definition) is 5. The van der Waals surface area contributed by atoms with Crippen LogP contribution in [0.15, 0.2) is 6.07 Å². The molecule has 1 saturated heterocycles. The van der Waals surface area contributed by atoms with Crippen LogP contribution in [0.2, 0.25) is 0 Å². The van der Waals surface area contributed by atoms with Crippen LogP contribution in [0.1, 0.15) is 32.0 Å². The number of anilines is 1. The Morgan fingerprint density at radius 3 is 2.79 bits per heavy atom. The molecule has 106 valence electrons. The number of aryl methyl sites for hydroxylation is 1. The molecule has 5 heteroatoms. The van der Waals surface area contributed by atoms with E-state index in [0.717, 1.165) is 24.7 Å². The molecule has 0 unspecified atom stereocenters. The van der Waals surface area contributed by atoms with Crippen LogP contribution in [-0.4, -0.2) is 47.7 Å². The van der Waals surface area contributed by atoms with Crippen molar-refractivity contribution < 1.29 is 4.74 Å². The van der Waals surface area contributed by atoms with Crippen LogP contribution in [0.5, 0.6) is 5.88 Å². The quantitative estimate of drug-likeness (QED) is 0.852. The minimum atomic E-state index is 0.667. The first kappa shape index (κ1) is 14.1. The number of aromatic nitrogens is 2. The summed E-state index contributed by atoms with van der Waals surface area (Å²) in [5.74, 6) is 2.25. The van der Waals surface area contributed by atoms with E-state index in [0.29, 0.717) is 12.5 Å². The molecule has 1 aromatic heterocycles. The van der Waals surface area contributed by atoms with Gasteiger partial charge in [-0.1, -0.05) is 6.42 Å². The Morgan fingerprint density at radius 2 is 2.05 bits per heavy atom. The van der Waals surface area contributed by atoms with Gasteiger partial charge in [-0.3, -0.25) is 4.90 Å². The lowest BCUT2D eigenvalue weighted by Crippen LogP contribution is -2.33. The van der Waals surface area contributed by atoms with Gasteiger partial charge in [0.1, 0.15) is 18.2 Å². The molecule has 0 spiro atoms. The van der Waals surface area contributed by atoms with Gasteiger partial charge in [0, 0.05) is 19.2 Å². The standard InChI is InChI=1S/C14H24N4O/c1-3-15-13-11-14(17-12(2)16-13)19-10-9-18-7-5-4-6-8-18/h11H,3-10H2,1-2H3,(H,15,16,17). The molecule has 1 aliphatic rings. The first-order valence-corrected chi connectivity index (χ1v) is 7.22. The highest BCUT2D eigenvalue weighted by molar-refractivity contribution is 5.38. The van der Waals surface area contributed by atoms with Crippen molar-refractivity contribution in [2.75, 3.05) is 38.1 Å². The lowest BCUT2D eigenvalue weighted by Gasteiger charge is -2.26. The number of likely N-dealkylation sites (tertiary alicyclic amines) is 1. The van der Waals surface area contributed by atoms with Crippen LogP contribution in [-0.2, 0) is 0 Å². The number of nitrogens with one attached hydrogen (secondary N) is 1. The molecule has 1 aliphatic heterocycles. The summed E-state index contributed by atoms with van der Waals surface area (Å²) in [6.45, 7) is 8.88. The van der Waals surface area contributed by atoms with Gasteiger partial charge in [-0.25, -0.2) is 4.98 Å². The molecule has 0 aromatic carbocycles. The van der Waals surface area contributed by atoms with Gasteiger partial charge in [-0.2, -0.15) is 4.98 Å². The molecule has 5 nitrogen and oxygen atoms in total. The predicted octanol–water partition coefficient (Wildman–Crippen LogP) is 2.08. The lowest BCUT2D eigenvalue weighted by molar-refractivity contribution is 0.180. The third-order valence-electron chi connectivity index (χ3n) is 3.28. The second kappa shape index (κ2) is 7.28. The summed E-state index contributed by atoms with van der Waals surface area (Å²) in [5.41, 5.74) is 0. The molecule has 0 bridgehead atoms. The minimum Gasteiger partial charge on any atom is -0.476 e. The van der Waals surface area contributed by atoms with Crippen LogP contribution < -0.4 is 10.1 Å². The Morgan fingerprint density at radius 1 is 1.26 bits per heavy atom. The number of hydrogen-bond donors (Lipinski definition) is 1. The summed E-state index contributed by atoms with van der Waals surface area (Å²) in [7, 11) is 0. The normalized spacial score (nSPS) is 16.3. The van der Waals surface area contributed by atoms with Crippen molar-refractivity contribution in [1.29, 1.82) is 0 Å². The van der Waals surface area contributed by atoms with Gasteiger partial charge in [0.25, 0.3) is 0 Å². The zero-order valence-electron chi connectivity index (χ0n) is 12.0. The van der Waals surface area contributed by atoms with Crippen molar-refractivity contribution in [1.82, 2.24) is 14.9 Å². The maximum absolute atomic E-state index is 5.74. The molecular weight excluding hydrogens is 240 g/mol. The molecule has 0 amide bonds. The van der Waals surface area contributed by atoms with Crippen LogP contribution >= 0.6 is 0 Å². The van der Waals surface area contributed by atoms with Crippen molar-refractivity contribution in [3.8, 4) is 5.88 Å². The number of nitrogens with zero attached hydrogens (tertiary/aromatic N) is 3. The Balaban J connectivity index is 1.81. The fourth-order valence-electron chi connectivity index (χ4n) is 2.35. The Bertz CT molecular complexity index is 391. The Kier molecular flexibility index (Phi) is 5.39. The topological polar surface area (TPSA) is 50.3 Å². The van der Waals surface area contributed by atoms with E-state index in [1.54, 1.807) is 0 Å². The average molecular weight is 264 g/mol. The van der Waals surface area contributed by atoms with E-state index in [2.05, 4.69) is 20.2 Å². The number of ether oxygens (including phenoxy) is 1. The summed E-state index contributed by atoms with van der Waals surface area (Å²) in [6, 6.07) is 1.87. The zero-order valence-corrected chi connectivity index (χ0v) is 12.0. The highest BCUT2D eigenvalue weighted by atomic mass is 16.5. The van der Waals surface area contributed by atoms with E-state index < -0.39 is 0 Å². The van der Waals surface area contributed by atoms with E-state index in [1.807, 2.05) is 19.9 Å². The summed E-state index contributed by atoms with van der Waals surface area (Å²) < 4.78 is 5.74. The molecule has 0 aliphatic carbocycles. The van der Waals surface area contributed by atoms with Crippen LogP contribution in [0.25, 0.3) is 0 Å². The molecule has 1 fully saturated rings. The van der Waals surface area contributed by atoms with Gasteiger partial charge in [0.15, 0.2) is 0 Å². The molecular formula is C14H24N4O. The SMILES string of the molecule is CCNc1cc(OCCN2CCCCC2)nc(C)n1. The van der Waals surface area contributed by atoms with Crippen LogP contribution in [0.4, 0.5) is 5.82 Å². The van der Waals surface area contributed by atoms with Crippen molar-refractivity contribution in [2.24, 2.45) is 0 Å². The molecule has 2 heterocycles. The van der Waals surface area contributed by atoms with Crippen LogP contribution in [0, 0.1) is 6.92 Å². The summed E-state index contributed by atoms with van der Waals surface area (Å²) in [6.07, 6.45) is 4.00. The second-order valence-corrected chi connectivity index (χ2v) is 4.92. The summed E-state index contributed by atoms with van der Waals surface area (Å²) >= 11 is 0. The monoisotopic (exact) mass is 264 g/mol. The zero-order chi connectivity index (χ0) is 13.5. The van der Waals surface area contributed by atoms with E-state index in [9.17, 15) is 0 Å². The van der Waals surface area contributed by atoms with Gasteiger partial charge in [-0.15, -0.1) is 0 Å². The molecule has 0 radical (unpaired) electrons. The summed E-state index contributed by atoms with van der Waals surface area (Å²) in [4.78, 5) is 11.1. The molecule has 1 aromatic rings. The number of piperidine rings is 1. The molecule has 2 rings (SSSR count). The first-order valence-electron chi connectivity index (χ1n) is 7.22. The van der Waals surface area contributed by atoms with Gasteiger partial charge in [0.2, 0.25) is 5.88 Å². The summed E-state index contributed by atoms with van der Waals surface area (Å²) in [5, 5.41) is 3.19.